The number of carbonyl (C=O) groups is 1. The van der Waals surface area contributed by atoms with Crippen molar-refractivity contribution < 1.29 is 44.7 Å². The third kappa shape index (κ3) is 4.85. The molecule has 0 N–H and O–H groups in total. The lowest BCUT2D eigenvalue weighted by Gasteiger charge is -2.31. The Bertz CT molecular complexity index is 409. The number of alkyl halides is 8. The fourth-order valence-electron chi connectivity index (χ4n) is 0.995. The maximum absolute atomic E-state index is 12.4. The van der Waals surface area contributed by atoms with E-state index in [0.717, 1.165) is 0 Å². The minimum Gasteiger partial charge on any atom is -0.461 e. The molecule has 1 aromatic carbocycles. The number of carbonyl (C=O) groups excluding carboxylic acids is 1. The number of hydrogen-bond donors (Lipinski definition) is 0. The summed E-state index contributed by atoms with van der Waals surface area (Å²) in [6.07, 6.45) is -4.98. The number of hydrogen-bond acceptors (Lipinski definition) is 2. The Morgan fingerprint density at radius 1 is 0.864 bits per heavy atom. The predicted octanol–water partition coefficient (Wildman–Crippen LogP) is 4.02. The molecule has 0 heterocycles. The van der Waals surface area contributed by atoms with Crippen molar-refractivity contribution in [1.29, 1.82) is 0 Å². The van der Waals surface area contributed by atoms with Crippen molar-refractivity contribution in [3.63, 3.8) is 0 Å². The predicted molar refractivity (Wildman–Crippen MR) is 59.3 cm³/mol. The number of halogens is 8. The molecule has 0 aliphatic heterocycles. The van der Waals surface area contributed by atoms with E-state index in [1.54, 1.807) is 0 Å². The summed E-state index contributed by atoms with van der Waals surface area (Å²) in [5, 5.41) is 0. The van der Waals surface area contributed by atoms with Crippen LogP contribution in [0.1, 0.15) is 0 Å². The molecule has 0 bridgehead atoms. The summed E-state index contributed by atoms with van der Waals surface area (Å²) >= 11 is 0. The third-order valence-corrected chi connectivity index (χ3v) is 2.15. The first-order chi connectivity index (χ1) is 10.0. The standard InChI is InChI=1S/C6H4F8O2.C6H6/c7-3(8)5(11,12)6(13,14)4(9,10)1-16-2-15;1-2-4-6-5-3-1/h2-3H,1H2;1-6H. The van der Waals surface area contributed by atoms with Crippen LogP contribution in [0.5, 0.6) is 0 Å². The molecule has 0 radical (unpaired) electrons. The minimum absolute atomic E-state index is 0.704. The zero-order chi connectivity index (χ0) is 17.4. The van der Waals surface area contributed by atoms with E-state index in [0.29, 0.717) is 0 Å². The fraction of sp³-hybridized carbons (Fsp3) is 0.417. The number of ether oxygens (including phenoxy) is 1. The Labute approximate surface area is 119 Å². The van der Waals surface area contributed by atoms with Gasteiger partial charge >= 0.3 is 24.2 Å². The third-order valence-electron chi connectivity index (χ3n) is 2.15. The molecule has 1 aromatic rings. The van der Waals surface area contributed by atoms with Crippen LogP contribution < -0.4 is 0 Å². The maximum Gasteiger partial charge on any atom is 0.381 e. The van der Waals surface area contributed by atoms with Crippen LogP contribution in [0, 0.1) is 0 Å². The lowest BCUT2D eigenvalue weighted by Crippen LogP contribution is -2.59. The van der Waals surface area contributed by atoms with E-state index < -0.39 is 37.3 Å². The van der Waals surface area contributed by atoms with Crippen LogP contribution in [0.3, 0.4) is 0 Å². The summed E-state index contributed by atoms with van der Waals surface area (Å²) in [4.78, 5) is 9.43. The van der Waals surface area contributed by atoms with Gasteiger partial charge in [0.1, 0.15) is 0 Å². The fourth-order valence-corrected chi connectivity index (χ4v) is 0.995. The monoisotopic (exact) mass is 338 g/mol. The van der Waals surface area contributed by atoms with Gasteiger partial charge in [-0.25, -0.2) is 8.78 Å². The van der Waals surface area contributed by atoms with Crippen molar-refractivity contribution >= 4 is 6.47 Å². The van der Waals surface area contributed by atoms with Crippen LogP contribution in [-0.4, -0.2) is 37.3 Å². The summed E-state index contributed by atoms with van der Waals surface area (Å²) in [5.41, 5.74) is 0. The second-order valence-corrected chi connectivity index (χ2v) is 3.76. The summed E-state index contributed by atoms with van der Waals surface area (Å²) in [7, 11) is 0. The SMILES string of the molecule is O=COCC(F)(F)C(F)(F)C(F)(F)C(F)F.c1ccccc1. The highest BCUT2D eigenvalue weighted by molar-refractivity contribution is 5.37. The molecule has 0 aromatic heterocycles. The van der Waals surface area contributed by atoms with Gasteiger partial charge in [0, 0.05) is 0 Å². The highest BCUT2D eigenvalue weighted by Gasteiger charge is 2.75. The second-order valence-electron chi connectivity index (χ2n) is 3.76. The molecule has 0 amide bonds. The van der Waals surface area contributed by atoms with Gasteiger partial charge in [0.15, 0.2) is 6.61 Å². The van der Waals surface area contributed by atoms with E-state index in [2.05, 4.69) is 4.74 Å². The van der Waals surface area contributed by atoms with Crippen molar-refractivity contribution in [2.45, 2.75) is 24.2 Å². The highest BCUT2D eigenvalue weighted by Crippen LogP contribution is 2.48. The molecule has 126 valence electrons. The lowest BCUT2D eigenvalue weighted by molar-refractivity contribution is -0.343. The molecular weight excluding hydrogens is 328 g/mol. The zero-order valence-electron chi connectivity index (χ0n) is 10.7. The molecular formula is C12H10F8O2. The molecule has 0 aliphatic carbocycles. The van der Waals surface area contributed by atoms with Crippen molar-refractivity contribution in [2.75, 3.05) is 6.61 Å². The molecule has 0 unspecified atom stereocenters. The molecule has 0 saturated heterocycles. The molecule has 0 aliphatic rings. The van der Waals surface area contributed by atoms with Crippen molar-refractivity contribution in [3.05, 3.63) is 36.4 Å². The maximum atomic E-state index is 12.4. The van der Waals surface area contributed by atoms with Crippen LogP contribution in [0.4, 0.5) is 35.1 Å². The molecule has 0 saturated carbocycles. The Morgan fingerprint density at radius 3 is 1.50 bits per heavy atom. The topological polar surface area (TPSA) is 26.3 Å². The van der Waals surface area contributed by atoms with Gasteiger partial charge in [-0.05, 0) is 0 Å². The quantitative estimate of drug-likeness (QED) is 0.579. The Balaban J connectivity index is 0.000000604. The first kappa shape index (κ1) is 20.1. The minimum atomic E-state index is -6.34. The average Bonchev–Trinajstić information content (AvgIpc) is 2.47. The van der Waals surface area contributed by atoms with Crippen molar-refractivity contribution in [2.24, 2.45) is 0 Å². The van der Waals surface area contributed by atoms with Crippen LogP contribution in [0.15, 0.2) is 36.4 Å². The van der Waals surface area contributed by atoms with Gasteiger partial charge in [-0.3, -0.25) is 4.79 Å². The molecule has 0 spiro atoms. The molecule has 2 nitrogen and oxygen atoms in total. The van der Waals surface area contributed by atoms with E-state index in [-0.39, 0.29) is 0 Å². The van der Waals surface area contributed by atoms with Gasteiger partial charge in [0.25, 0.3) is 6.47 Å². The zero-order valence-corrected chi connectivity index (χ0v) is 10.7. The van der Waals surface area contributed by atoms with Crippen molar-refractivity contribution in [1.82, 2.24) is 0 Å². The molecule has 0 fully saturated rings. The van der Waals surface area contributed by atoms with Crippen LogP contribution in [-0.2, 0) is 9.53 Å². The lowest BCUT2D eigenvalue weighted by atomic mass is 10.1. The van der Waals surface area contributed by atoms with E-state index >= 15 is 0 Å². The molecule has 0 atom stereocenters. The molecule has 10 heteroatoms. The van der Waals surface area contributed by atoms with Gasteiger partial charge in [-0.2, -0.15) is 26.3 Å². The normalized spacial score (nSPS) is 12.4. The number of rotatable bonds is 6. The molecule has 1 rings (SSSR count). The summed E-state index contributed by atoms with van der Waals surface area (Å²) < 4.78 is 99.9. The van der Waals surface area contributed by atoms with E-state index in [1.165, 1.54) is 0 Å². The summed E-state index contributed by atoms with van der Waals surface area (Å²) in [6.45, 7) is -3.13. The Hall–Kier alpha value is -1.87. The van der Waals surface area contributed by atoms with E-state index in [1.807, 2.05) is 36.4 Å². The van der Waals surface area contributed by atoms with Crippen LogP contribution in [0.25, 0.3) is 0 Å². The van der Waals surface area contributed by atoms with E-state index in [9.17, 15) is 39.9 Å². The average molecular weight is 338 g/mol. The first-order valence-corrected chi connectivity index (χ1v) is 5.47. The second kappa shape index (κ2) is 7.95. The largest absolute Gasteiger partial charge is 0.461 e. The van der Waals surface area contributed by atoms with Crippen LogP contribution >= 0.6 is 0 Å². The van der Waals surface area contributed by atoms with Gasteiger partial charge in [-0.1, -0.05) is 36.4 Å². The highest BCUT2D eigenvalue weighted by atomic mass is 19.4. The number of benzene rings is 1. The van der Waals surface area contributed by atoms with E-state index in [4.69, 9.17) is 0 Å². The summed E-state index contributed by atoms with van der Waals surface area (Å²) in [5.74, 6) is -18.2. The molecule has 22 heavy (non-hydrogen) atoms. The van der Waals surface area contributed by atoms with Gasteiger partial charge in [-0.15, -0.1) is 0 Å². The van der Waals surface area contributed by atoms with Gasteiger partial charge in [0.2, 0.25) is 0 Å². The Kier molecular flexibility index (Phi) is 7.27. The summed E-state index contributed by atoms with van der Waals surface area (Å²) in [6, 6.07) is 12.0. The van der Waals surface area contributed by atoms with Crippen LogP contribution in [0.2, 0.25) is 0 Å². The van der Waals surface area contributed by atoms with Gasteiger partial charge < -0.3 is 4.74 Å². The Morgan fingerprint density at radius 2 is 1.23 bits per heavy atom. The van der Waals surface area contributed by atoms with Crippen molar-refractivity contribution in [3.8, 4) is 0 Å². The van der Waals surface area contributed by atoms with Gasteiger partial charge in [0.05, 0.1) is 0 Å². The smallest absolute Gasteiger partial charge is 0.381 e. The first-order valence-electron chi connectivity index (χ1n) is 5.47.